The van der Waals surface area contributed by atoms with Gasteiger partial charge in [-0.25, -0.2) is 8.42 Å². The summed E-state index contributed by atoms with van der Waals surface area (Å²) < 4.78 is 22.5. The summed E-state index contributed by atoms with van der Waals surface area (Å²) in [5.41, 5.74) is 0. The summed E-state index contributed by atoms with van der Waals surface area (Å²) in [6, 6.07) is 9.55. The summed E-state index contributed by atoms with van der Waals surface area (Å²) in [6.45, 7) is 0. The van der Waals surface area contributed by atoms with Crippen molar-refractivity contribution in [3.63, 3.8) is 0 Å². The first-order chi connectivity index (χ1) is 7.07. The lowest BCUT2D eigenvalue weighted by Crippen LogP contribution is -2.19. The minimum atomic E-state index is -3.04. The van der Waals surface area contributed by atoms with Crippen molar-refractivity contribution in [2.24, 2.45) is 0 Å². The molecular formula is C10H12O3S2. The van der Waals surface area contributed by atoms with E-state index < -0.39 is 15.9 Å². The smallest absolute Gasteiger partial charge is 0.154 e. The van der Waals surface area contributed by atoms with Crippen molar-refractivity contribution in [2.75, 3.05) is 11.5 Å². The molecule has 0 bridgehead atoms. The predicted octanol–water partition coefficient (Wildman–Crippen LogP) is 0.937. The molecule has 0 aromatic heterocycles. The maximum absolute atomic E-state index is 11.3. The van der Waals surface area contributed by atoms with Crippen LogP contribution in [-0.2, 0) is 9.84 Å². The minimum Gasteiger partial charge on any atom is -0.391 e. The highest BCUT2D eigenvalue weighted by atomic mass is 32.2. The van der Waals surface area contributed by atoms with Gasteiger partial charge in [0.25, 0.3) is 0 Å². The van der Waals surface area contributed by atoms with E-state index in [0.29, 0.717) is 0 Å². The molecule has 1 heterocycles. The summed E-state index contributed by atoms with van der Waals surface area (Å²) >= 11 is 1.43. The fraction of sp³-hybridized carbons (Fsp3) is 0.400. The van der Waals surface area contributed by atoms with Gasteiger partial charge in [0.2, 0.25) is 0 Å². The molecule has 1 aliphatic rings. The molecule has 0 saturated carbocycles. The molecule has 1 fully saturated rings. The zero-order valence-corrected chi connectivity index (χ0v) is 9.67. The van der Waals surface area contributed by atoms with Gasteiger partial charge in [-0.15, -0.1) is 11.8 Å². The van der Waals surface area contributed by atoms with Gasteiger partial charge in [-0.2, -0.15) is 0 Å². The number of aliphatic hydroxyl groups is 1. The maximum Gasteiger partial charge on any atom is 0.154 e. The number of thioether (sulfide) groups is 1. The lowest BCUT2D eigenvalue weighted by molar-refractivity contribution is 0.207. The van der Waals surface area contributed by atoms with Gasteiger partial charge in [-0.1, -0.05) is 18.2 Å². The number of rotatable bonds is 2. The van der Waals surface area contributed by atoms with Crippen LogP contribution in [0.3, 0.4) is 0 Å². The fourth-order valence-corrected chi connectivity index (χ4v) is 5.13. The third kappa shape index (κ3) is 2.74. The average Bonchev–Trinajstić information content (AvgIpc) is 2.41. The first-order valence-electron chi connectivity index (χ1n) is 4.67. The van der Waals surface area contributed by atoms with E-state index in [9.17, 15) is 13.5 Å². The Morgan fingerprint density at radius 3 is 2.40 bits per heavy atom. The van der Waals surface area contributed by atoms with Gasteiger partial charge in [0.15, 0.2) is 9.84 Å². The third-order valence-electron chi connectivity index (χ3n) is 2.30. The quantitative estimate of drug-likeness (QED) is 0.841. The molecule has 15 heavy (non-hydrogen) atoms. The fourth-order valence-electron chi connectivity index (χ4n) is 1.58. The van der Waals surface area contributed by atoms with Crippen molar-refractivity contribution in [1.82, 2.24) is 0 Å². The Hall–Kier alpha value is -0.520. The van der Waals surface area contributed by atoms with Crippen LogP contribution in [0.15, 0.2) is 35.2 Å². The highest BCUT2D eigenvalue weighted by Crippen LogP contribution is 2.30. The first kappa shape index (κ1) is 11.0. The summed E-state index contributed by atoms with van der Waals surface area (Å²) in [4.78, 5) is 0.999. The molecule has 1 N–H and O–H groups in total. The van der Waals surface area contributed by atoms with Crippen LogP contribution in [0.5, 0.6) is 0 Å². The molecule has 0 spiro atoms. The van der Waals surface area contributed by atoms with Crippen LogP contribution in [0.25, 0.3) is 0 Å². The monoisotopic (exact) mass is 244 g/mol. The summed E-state index contributed by atoms with van der Waals surface area (Å²) in [6.07, 6.45) is -0.736. The van der Waals surface area contributed by atoms with Crippen molar-refractivity contribution in [3.8, 4) is 0 Å². The van der Waals surface area contributed by atoms with E-state index >= 15 is 0 Å². The van der Waals surface area contributed by atoms with Crippen LogP contribution in [0, 0.1) is 0 Å². The molecule has 0 aliphatic carbocycles. The molecule has 1 aromatic rings. The van der Waals surface area contributed by atoms with Gasteiger partial charge in [0.05, 0.1) is 22.9 Å². The molecule has 2 rings (SSSR count). The Morgan fingerprint density at radius 1 is 1.20 bits per heavy atom. The largest absolute Gasteiger partial charge is 0.391 e. The summed E-state index contributed by atoms with van der Waals surface area (Å²) in [5.74, 6) is -0.0226. The number of sulfone groups is 1. The summed E-state index contributed by atoms with van der Waals surface area (Å²) in [7, 11) is -3.04. The zero-order valence-electron chi connectivity index (χ0n) is 8.04. The molecule has 3 nitrogen and oxygen atoms in total. The van der Waals surface area contributed by atoms with Crippen molar-refractivity contribution >= 4 is 21.6 Å². The van der Waals surface area contributed by atoms with Crippen LogP contribution in [-0.4, -0.2) is 36.4 Å². The number of benzene rings is 1. The van der Waals surface area contributed by atoms with E-state index in [1.807, 2.05) is 30.3 Å². The Kier molecular flexibility index (Phi) is 3.04. The standard InChI is InChI=1S/C10H12O3S2/c11-9-6-15(12,13)7-10(9)14-8-4-2-1-3-5-8/h1-5,9-11H,6-7H2. The molecular weight excluding hydrogens is 232 g/mol. The van der Waals surface area contributed by atoms with E-state index in [4.69, 9.17) is 0 Å². The van der Waals surface area contributed by atoms with Crippen LogP contribution < -0.4 is 0 Å². The lowest BCUT2D eigenvalue weighted by atomic mass is 10.3. The van der Waals surface area contributed by atoms with Crippen molar-refractivity contribution in [2.45, 2.75) is 16.2 Å². The second kappa shape index (κ2) is 4.15. The first-order valence-corrected chi connectivity index (χ1v) is 7.37. The molecule has 0 radical (unpaired) electrons. The SMILES string of the molecule is O=S1(=O)CC(O)C(Sc2ccccc2)C1. The average molecular weight is 244 g/mol. The van der Waals surface area contributed by atoms with E-state index in [-0.39, 0.29) is 16.8 Å². The Morgan fingerprint density at radius 2 is 1.87 bits per heavy atom. The predicted molar refractivity (Wildman–Crippen MR) is 60.7 cm³/mol. The Labute approximate surface area is 93.4 Å². The normalized spacial score (nSPS) is 29.1. The minimum absolute atomic E-state index is 0.0771. The van der Waals surface area contributed by atoms with Gasteiger partial charge in [0.1, 0.15) is 0 Å². The van der Waals surface area contributed by atoms with Crippen LogP contribution in [0.4, 0.5) is 0 Å². The van der Waals surface area contributed by atoms with Crippen LogP contribution in [0.1, 0.15) is 0 Å². The van der Waals surface area contributed by atoms with Gasteiger partial charge in [-0.05, 0) is 12.1 Å². The molecule has 5 heteroatoms. The number of hydrogen-bond acceptors (Lipinski definition) is 4. The number of aliphatic hydroxyl groups excluding tert-OH is 1. The molecule has 82 valence electrons. The van der Waals surface area contributed by atoms with E-state index in [0.717, 1.165) is 4.90 Å². The maximum atomic E-state index is 11.3. The second-order valence-electron chi connectivity index (χ2n) is 3.61. The van der Waals surface area contributed by atoms with Gasteiger partial charge < -0.3 is 5.11 Å². The van der Waals surface area contributed by atoms with E-state index in [1.165, 1.54) is 11.8 Å². The number of hydrogen-bond donors (Lipinski definition) is 1. The third-order valence-corrected chi connectivity index (χ3v) is 5.56. The molecule has 1 saturated heterocycles. The Balaban J connectivity index is 2.08. The molecule has 0 amide bonds. The highest BCUT2D eigenvalue weighted by Gasteiger charge is 2.36. The molecule has 2 atom stereocenters. The molecule has 1 aliphatic heterocycles. The molecule has 2 unspecified atom stereocenters. The van der Waals surface area contributed by atoms with Crippen LogP contribution in [0.2, 0.25) is 0 Å². The topological polar surface area (TPSA) is 54.4 Å². The van der Waals surface area contributed by atoms with Gasteiger partial charge >= 0.3 is 0 Å². The van der Waals surface area contributed by atoms with Crippen molar-refractivity contribution in [1.29, 1.82) is 0 Å². The van der Waals surface area contributed by atoms with Crippen LogP contribution >= 0.6 is 11.8 Å². The van der Waals surface area contributed by atoms with Crippen molar-refractivity contribution < 1.29 is 13.5 Å². The van der Waals surface area contributed by atoms with Gasteiger partial charge in [-0.3, -0.25) is 0 Å². The Bertz CT molecular complexity index is 427. The van der Waals surface area contributed by atoms with E-state index in [1.54, 1.807) is 0 Å². The van der Waals surface area contributed by atoms with Gasteiger partial charge in [0, 0.05) is 4.90 Å². The van der Waals surface area contributed by atoms with E-state index in [2.05, 4.69) is 0 Å². The summed E-state index contributed by atoms with van der Waals surface area (Å²) in [5, 5.41) is 9.36. The van der Waals surface area contributed by atoms with Crippen molar-refractivity contribution in [3.05, 3.63) is 30.3 Å². The highest BCUT2D eigenvalue weighted by molar-refractivity contribution is 8.02. The molecule has 1 aromatic carbocycles. The second-order valence-corrected chi connectivity index (χ2v) is 7.08. The zero-order chi connectivity index (χ0) is 10.9. The lowest BCUT2D eigenvalue weighted by Gasteiger charge is -2.11.